The minimum absolute atomic E-state index is 0.000889. The molecule has 42 heavy (non-hydrogen) atoms. The van der Waals surface area contributed by atoms with Crippen LogP contribution >= 0.6 is 0 Å². The fourth-order valence-electron chi connectivity index (χ4n) is 6.39. The van der Waals surface area contributed by atoms with Gasteiger partial charge in [-0.2, -0.15) is 0 Å². The highest BCUT2D eigenvalue weighted by Crippen LogP contribution is 2.52. The first kappa shape index (κ1) is 29.9. The molecule has 226 valence electrons. The number of hydrogen-bond donors (Lipinski definition) is 1. The van der Waals surface area contributed by atoms with Crippen LogP contribution in [-0.4, -0.2) is 70.3 Å². The van der Waals surface area contributed by atoms with Crippen molar-refractivity contribution in [3.63, 3.8) is 0 Å². The SMILES string of the molecule is CC.CCN(C(=O)C1=C(Oc2cncnc2N2CC3(CC(Oc4ccnc5c4CNCC5)C3)C2)C=CC(F)C1)C(C)C. The number of nitrogens with one attached hydrogen (secondary N) is 1. The molecule has 0 aromatic carbocycles. The smallest absolute Gasteiger partial charge is 0.253 e. The molecule has 2 aromatic rings. The van der Waals surface area contributed by atoms with Crippen LogP contribution in [0.5, 0.6) is 11.5 Å². The van der Waals surface area contributed by atoms with Crippen molar-refractivity contribution in [3.05, 3.63) is 59.5 Å². The van der Waals surface area contributed by atoms with E-state index in [9.17, 15) is 9.18 Å². The van der Waals surface area contributed by atoms with Gasteiger partial charge in [-0.1, -0.05) is 13.8 Å². The highest BCUT2D eigenvalue weighted by molar-refractivity contribution is 5.95. The number of hydrogen-bond acceptors (Lipinski definition) is 8. The number of alkyl halides is 1. The van der Waals surface area contributed by atoms with Crippen molar-refractivity contribution in [1.29, 1.82) is 0 Å². The molecule has 2 aromatic heterocycles. The largest absolute Gasteiger partial charge is 0.490 e. The van der Waals surface area contributed by atoms with Crippen molar-refractivity contribution in [2.75, 3.05) is 31.1 Å². The topological polar surface area (TPSA) is 92.7 Å². The van der Waals surface area contributed by atoms with Gasteiger partial charge in [0.05, 0.1) is 11.8 Å². The number of nitrogens with zero attached hydrogens (tertiary/aromatic N) is 5. The van der Waals surface area contributed by atoms with Crippen molar-refractivity contribution >= 4 is 11.7 Å². The Morgan fingerprint density at radius 3 is 2.76 bits per heavy atom. The Labute approximate surface area is 248 Å². The van der Waals surface area contributed by atoms with Gasteiger partial charge in [-0.3, -0.25) is 9.78 Å². The minimum atomic E-state index is -1.22. The first-order chi connectivity index (χ1) is 20.4. The van der Waals surface area contributed by atoms with E-state index in [4.69, 9.17) is 9.47 Å². The molecule has 1 amide bonds. The number of amides is 1. The molecule has 4 aliphatic rings. The Kier molecular flexibility index (Phi) is 9.11. The maximum Gasteiger partial charge on any atom is 0.253 e. The number of pyridine rings is 1. The van der Waals surface area contributed by atoms with Crippen LogP contribution in [-0.2, 0) is 17.8 Å². The number of carbonyl (C=O) groups excluding carboxylic acids is 1. The van der Waals surface area contributed by atoms with Crippen molar-refractivity contribution in [2.24, 2.45) is 5.41 Å². The number of aromatic nitrogens is 3. The third-order valence-electron chi connectivity index (χ3n) is 8.42. The number of fused-ring (bicyclic) bond motifs is 1. The van der Waals surface area contributed by atoms with E-state index < -0.39 is 6.17 Å². The first-order valence-corrected chi connectivity index (χ1v) is 15.3. The van der Waals surface area contributed by atoms with Gasteiger partial charge in [-0.25, -0.2) is 14.4 Å². The molecule has 2 fully saturated rings. The van der Waals surface area contributed by atoms with Gasteiger partial charge in [0.1, 0.15) is 30.1 Å². The van der Waals surface area contributed by atoms with Gasteiger partial charge in [0.25, 0.3) is 5.91 Å². The standard InChI is InChI=1S/C30H37FN6O3.C2H6/c1-4-37(19(2)3)29(38)22-11-20(31)5-6-25(22)40-27-15-33-18-35-28(27)36-16-30(17-36)12-21(13-30)39-26-8-10-34-24-7-9-32-14-23(24)26;1-2/h5-6,8,10,15,18-21,32H,4,7,9,11-14,16-17H2,1-3H3;1-2H3. The highest BCUT2D eigenvalue weighted by atomic mass is 19.1. The van der Waals surface area contributed by atoms with Crippen molar-refractivity contribution < 1.29 is 18.7 Å². The number of rotatable bonds is 8. The quantitative estimate of drug-likeness (QED) is 0.479. The van der Waals surface area contributed by atoms with E-state index >= 15 is 0 Å². The summed E-state index contributed by atoms with van der Waals surface area (Å²) in [6.45, 7) is 13.8. The number of carbonyl (C=O) groups is 1. The second kappa shape index (κ2) is 12.8. The normalized spacial score (nSPS) is 20.7. The molecule has 1 saturated carbocycles. The van der Waals surface area contributed by atoms with Gasteiger partial charge in [-0.15, -0.1) is 0 Å². The van der Waals surface area contributed by atoms with Crippen LogP contribution in [0.3, 0.4) is 0 Å². The summed E-state index contributed by atoms with van der Waals surface area (Å²) in [7, 11) is 0. The van der Waals surface area contributed by atoms with E-state index in [0.717, 1.165) is 56.9 Å². The molecule has 0 bridgehead atoms. The van der Waals surface area contributed by atoms with Crippen LogP contribution in [0, 0.1) is 5.41 Å². The number of anilines is 1. The lowest BCUT2D eigenvalue weighted by atomic mass is 9.61. The van der Waals surface area contributed by atoms with Crippen molar-refractivity contribution in [2.45, 2.75) is 85.2 Å². The molecular weight excluding hydrogens is 535 g/mol. The maximum atomic E-state index is 14.3. The third-order valence-corrected chi connectivity index (χ3v) is 8.42. The summed E-state index contributed by atoms with van der Waals surface area (Å²) in [4.78, 5) is 30.4. The van der Waals surface area contributed by atoms with Crippen LogP contribution in [0.2, 0.25) is 0 Å². The lowest BCUT2D eigenvalue weighted by molar-refractivity contribution is -0.129. The lowest BCUT2D eigenvalue weighted by Gasteiger charge is -2.59. The number of ether oxygens (including phenoxy) is 2. The summed E-state index contributed by atoms with van der Waals surface area (Å²) in [5.41, 5.74) is 2.86. The average molecular weight is 579 g/mol. The predicted octanol–water partition coefficient (Wildman–Crippen LogP) is 4.78. The summed E-state index contributed by atoms with van der Waals surface area (Å²) >= 11 is 0. The van der Waals surface area contributed by atoms with E-state index in [2.05, 4.69) is 25.2 Å². The summed E-state index contributed by atoms with van der Waals surface area (Å²) in [6, 6.07) is 1.98. The second-order valence-electron chi connectivity index (χ2n) is 11.6. The van der Waals surface area contributed by atoms with E-state index in [1.165, 1.54) is 18.0 Å². The Morgan fingerprint density at radius 2 is 2.02 bits per heavy atom. The fourth-order valence-corrected chi connectivity index (χ4v) is 6.39. The van der Waals surface area contributed by atoms with Gasteiger partial charge in [0.2, 0.25) is 0 Å². The first-order valence-electron chi connectivity index (χ1n) is 15.3. The van der Waals surface area contributed by atoms with Gasteiger partial charge >= 0.3 is 0 Å². The summed E-state index contributed by atoms with van der Waals surface area (Å²) in [5, 5.41) is 3.41. The van der Waals surface area contributed by atoms with Crippen LogP contribution in [0.4, 0.5) is 10.2 Å². The van der Waals surface area contributed by atoms with E-state index in [1.807, 2.05) is 46.9 Å². The van der Waals surface area contributed by atoms with Crippen LogP contribution in [0.1, 0.15) is 65.1 Å². The molecule has 0 radical (unpaired) electrons. The molecule has 1 saturated heterocycles. The molecule has 1 atom stereocenters. The van der Waals surface area contributed by atoms with Crippen LogP contribution < -0.4 is 19.7 Å². The van der Waals surface area contributed by atoms with E-state index in [-0.39, 0.29) is 29.9 Å². The number of halogens is 1. The fraction of sp³-hybridized carbons (Fsp3) is 0.562. The summed E-state index contributed by atoms with van der Waals surface area (Å²) in [6.07, 6.45) is 9.84. The Balaban J connectivity index is 0.00000173. The minimum Gasteiger partial charge on any atom is -0.490 e. The maximum absolute atomic E-state index is 14.3. The third kappa shape index (κ3) is 6.00. The molecule has 1 unspecified atom stereocenters. The van der Waals surface area contributed by atoms with Gasteiger partial charge < -0.3 is 24.6 Å². The molecule has 2 aliphatic heterocycles. The zero-order valence-electron chi connectivity index (χ0n) is 25.4. The summed E-state index contributed by atoms with van der Waals surface area (Å²) < 4.78 is 27.0. The average Bonchev–Trinajstić information content (AvgIpc) is 2.96. The molecule has 10 heteroatoms. The molecule has 6 rings (SSSR count). The Bertz CT molecular complexity index is 1330. The Morgan fingerprint density at radius 1 is 1.24 bits per heavy atom. The molecular formula is C32H43FN6O3. The molecule has 2 aliphatic carbocycles. The molecule has 4 heterocycles. The van der Waals surface area contributed by atoms with Crippen molar-refractivity contribution in [1.82, 2.24) is 25.2 Å². The second-order valence-corrected chi connectivity index (χ2v) is 11.6. The van der Waals surface area contributed by atoms with E-state index in [0.29, 0.717) is 29.4 Å². The zero-order chi connectivity index (χ0) is 29.9. The monoisotopic (exact) mass is 578 g/mol. The Hall–Kier alpha value is -3.53. The van der Waals surface area contributed by atoms with Crippen LogP contribution in [0.25, 0.3) is 0 Å². The van der Waals surface area contributed by atoms with Gasteiger partial charge in [0.15, 0.2) is 11.6 Å². The van der Waals surface area contributed by atoms with Crippen molar-refractivity contribution in [3.8, 4) is 11.5 Å². The number of likely N-dealkylation sites (N-methyl/N-ethyl adjacent to an activating group) is 1. The molecule has 1 spiro atoms. The molecule has 9 nitrogen and oxygen atoms in total. The van der Waals surface area contributed by atoms with Crippen LogP contribution in [0.15, 0.2) is 48.3 Å². The summed E-state index contributed by atoms with van der Waals surface area (Å²) in [5.74, 6) is 2.26. The zero-order valence-corrected chi connectivity index (χ0v) is 25.4. The van der Waals surface area contributed by atoms with Gasteiger partial charge in [0, 0.05) is 74.5 Å². The number of allylic oxidation sites excluding steroid dienone is 2. The highest BCUT2D eigenvalue weighted by Gasteiger charge is 2.54. The molecule has 1 N–H and O–H groups in total. The van der Waals surface area contributed by atoms with E-state index in [1.54, 1.807) is 17.2 Å². The lowest BCUT2D eigenvalue weighted by Crippen LogP contribution is -2.65. The van der Waals surface area contributed by atoms with Gasteiger partial charge in [-0.05, 0) is 51.8 Å². The predicted molar refractivity (Wildman–Crippen MR) is 160 cm³/mol.